The van der Waals surface area contributed by atoms with Gasteiger partial charge in [0.1, 0.15) is 30.1 Å². The van der Waals surface area contributed by atoms with Crippen LogP contribution in [-0.4, -0.2) is 93.4 Å². The Balaban J connectivity index is 1.63. The lowest BCUT2D eigenvalue weighted by Crippen LogP contribution is -2.50. The highest BCUT2D eigenvalue weighted by Crippen LogP contribution is 2.29. The van der Waals surface area contributed by atoms with Crippen LogP contribution in [0.25, 0.3) is 11.4 Å². The first-order chi connectivity index (χ1) is 17.1. The van der Waals surface area contributed by atoms with Crippen LogP contribution >= 0.6 is 0 Å². The zero-order chi connectivity index (χ0) is 24.6. The lowest BCUT2D eigenvalue weighted by Gasteiger charge is -2.36. The van der Waals surface area contributed by atoms with Gasteiger partial charge in [0.15, 0.2) is 5.82 Å². The molecule has 3 heterocycles. The second-order valence-electron chi connectivity index (χ2n) is 9.42. The molecule has 3 N–H and O–H groups in total. The van der Waals surface area contributed by atoms with Crippen LogP contribution < -0.4 is 25.2 Å². The van der Waals surface area contributed by atoms with Crippen LogP contribution in [0.3, 0.4) is 0 Å². The molecule has 192 valence electrons. The fourth-order valence-corrected chi connectivity index (χ4v) is 4.67. The van der Waals surface area contributed by atoms with Crippen LogP contribution in [0.5, 0.6) is 5.75 Å². The molecule has 9 heteroatoms. The summed E-state index contributed by atoms with van der Waals surface area (Å²) in [5, 5.41) is 16.6. The van der Waals surface area contributed by atoms with E-state index in [0.717, 1.165) is 69.3 Å². The second-order valence-corrected chi connectivity index (χ2v) is 9.42. The summed E-state index contributed by atoms with van der Waals surface area (Å²) in [4.78, 5) is 14.7. The van der Waals surface area contributed by atoms with Gasteiger partial charge in [-0.05, 0) is 38.4 Å². The Morgan fingerprint density at radius 2 is 2.11 bits per heavy atom. The summed E-state index contributed by atoms with van der Waals surface area (Å²) in [6, 6.07) is 10.8. The van der Waals surface area contributed by atoms with Gasteiger partial charge in [0.05, 0.1) is 0 Å². The molecule has 2 aliphatic rings. The van der Waals surface area contributed by atoms with Gasteiger partial charge in [-0.15, -0.1) is 0 Å². The number of anilines is 2. The standard InChI is InChI=1S/C26H40N6O3/c1-4-20-17-32(11-10-28-20)25-15-24(31(3)21-8-12-34-13-9-21)29-26(30-25)19-6-5-7-23(14-19)35-18-22(33)16-27-2/h5-7,14-15,20-22,27-28,33H,4,8-13,16-18H2,1-3H3. The van der Waals surface area contributed by atoms with E-state index in [4.69, 9.17) is 19.4 Å². The first-order valence-electron chi connectivity index (χ1n) is 12.8. The molecule has 2 aromatic rings. The molecule has 2 aliphatic heterocycles. The van der Waals surface area contributed by atoms with Crippen LogP contribution in [0.15, 0.2) is 30.3 Å². The van der Waals surface area contributed by atoms with E-state index in [2.05, 4.69) is 40.5 Å². The molecule has 2 atom stereocenters. The van der Waals surface area contributed by atoms with Crippen molar-refractivity contribution < 1.29 is 14.6 Å². The topological polar surface area (TPSA) is 95.0 Å². The Hall–Kier alpha value is -2.46. The number of benzene rings is 1. The summed E-state index contributed by atoms with van der Waals surface area (Å²) < 4.78 is 11.4. The first kappa shape index (κ1) is 25.6. The smallest absolute Gasteiger partial charge is 0.163 e. The molecule has 1 aromatic carbocycles. The van der Waals surface area contributed by atoms with Gasteiger partial charge in [-0.3, -0.25) is 0 Å². The van der Waals surface area contributed by atoms with E-state index >= 15 is 0 Å². The lowest BCUT2D eigenvalue weighted by molar-refractivity contribution is 0.0853. The van der Waals surface area contributed by atoms with Crippen molar-refractivity contribution in [2.75, 3.05) is 69.9 Å². The van der Waals surface area contributed by atoms with Crippen molar-refractivity contribution >= 4 is 11.6 Å². The van der Waals surface area contributed by atoms with Crippen LogP contribution in [0.4, 0.5) is 11.6 Å². The number of rotatable bonds is 10. The monoisotopic (exact) mass is 484 g/mol. The Morgan fingerprint density at radius 3 is 2.89 bits per heavy atom. The zero-order valence-corrected chi connectivity index (χ0v) is 21.2. The summed E-state index contributed by atoms with van der Waals surface area (Å²) in [6.07, 6.45) is 2.51. The molecule has 2 unspecified atom stereocenters. The molecule has 0 bridgehead atoms. The third-order valence-corrected chi connectivity index (χ3v) is 6.85. The van der Waals surface area contributed by atoms with Crippen LogP contribution in [-0.2, 0) is 4.74 Å². The van der Waals surface area contributed by atoms with Gasteiger partial charge in [0.25, 0.3) is 0 Å². The highest BCUT2D eigenvalue weighted by Gasteiger charge is 2.24. The van der Waals surface area contributed by atoms with Gasteiger partial charge >= 0.3 is 0 Å². The Labute approximate surface area is 208 Å². The van der Waals surface area contributed by atoms with E-state index in [1.165, 1.54) is 0 Å². The van der Waals surface area contributed by atoms with Crippen molar-refractivity contribution in [1.29, 1.82) is 0 Å². The molecule has 0 amide bonds. The van der Waals surface area contributed by atoms with Crippen molar-refractivity contribution in [3.63, 3.8) is 0 Å². The van der Waals surface area contributed by atoms with Crippen molar-refractivity contribution in [3.05, 3.63) is 30.3 Å². The van der Waals surface area contributed by atoms with Crippen molar-refractivity contribution in [3.8, 4) is 17.1 Å². The maximum absolute atomic E-state index is 10.0. The fourth-order valence-electron chi connectivity index (χ4n) is 4.67. The Bertz CT molecular complexity index is 919. The number of aromatic nitrogens is 2. The summed E-state index contributed by atoms with van der Waals surface area (Å²) in [5.41, 5.74) is 0.899. The number of ether oxygens (including phenoxy) is 2. The molecular formula is C26H40N6O3. The molecule has 2 saturated heterocycles. The van der Waals surface area contributed by atoms with E-state index in [1.807, 2.05) is 31.3 Å². The largest absolute Gasteiger partial charge is 0.491 e. The molecule has 0 aliphatic carbocycles. The summed E-state index contributed by atoms with van der Waals surface area (Å²) in [5.74, 6) is 3.27. The second kappa shape index (κ2) is 12.5. The van der Waals surface area contributed by atoms with Gasteiger partial charge in [-0.1, -0.05) is 19.1 Å². The minimum Gasteiger partial charge on any atom is -0.491 e. The molecule has 2 fully saturated rings. The molecule has 0 saturated carbocycles. The maximum Gasteiger partial charge on any atom is 0.163 e. The third kappa shape index (κ3) is 6.82. The number of hydrogen-bond acceptors (Lipinski definition) is 9. The normalized spacial score (nSPS) is 20.0. The van der Waals surface area contributed by atoms with E-state index < -0.39 is 6.10 Å². The number of nitrogens with zero attached hydrogens (tertiary/aromatic N) is 4. The average Bonchev–Trinajstić information content (AvgIpc) is 2.92. The SMILES string of the molecule is CCC1CN(c2cc(N(C)C3CCOCC3)nc(-c3cccc(OCC(O)CNC)c3)n2)CCN1. The quantitative estimate of drug-likeness (QED) is 0.467. The minimum absolute atomic E-state index is 0.224. The van der Waals surface area contributed by atoms with Crippen LogP contribution in [0.1, 0.15) is 26.2 Å². The average molecular weight is 485 g/mol. The Morgan fingerprint density at radius 1 is 1.29 bits per heavy atom. The van der Waals surface area contributed by atoms with Crippen molar-refractivity contribution in [2.24, 2.45) is 0 Å². The van der Waals surface area contributed by atoms with Gasteiger partial charge in [-0.2, -0.15) is 0 Å². The summed E-state index contributed by atoms with van der Waals surface area (Å²) in [7, 11) is 3.94. The highest BCUT2D eigenvalue weighted by molar-refractivity contribution is 5.64. The number of aliphatic hydroxyl groups excluding tert-OH is 1. The summed E-state index contributed by atoms with van der Waals surface area (Å²) in [6.45, 7) is 7.29. The van der Waals surface area contributed by atoms with E-state index in [0.29, 0.717) is 30.2 Å². The van der Waals surface area contributed by atoms with E-state index in [9.17, 15) is 5.11 Å². The van der Waals surface area contributed by atoms with E-state index in [1.54, 1.807) is 0 Å². The molecule has 4 rings (SSSR count). The predicted molar refractivity (Wildman–Crippen MR) is 139 cm³/mol. The molecule has 0 spiro atoms. The molecule has 1 aromatic heterocycles. The number of likely N-dealkylation sites (N-methyl/N-ethyl adjacent to an activating group) is 1. The highest BCUT2D eigenvalue weighted by atomic mass is 16.5. The number of piperazine rings is 1. The lowest BCUT2D eigenvalue weighted by atomic mass is 10.1. The van der Waals surface area contributed by atoms with Crippen LogP contribution in [0, 0.1) is 0 Å². The number of hydrogen-bond donors (Lipinski definition) is 3. The molecule has 35 heavy (non-hydrogen) atoms. The predicted octanol–water partition coefficient (Wildman–Crippen LogP) is 1.91. The minimum atomic E-state index is -0.567. The van der Waals surface area contributed by atoms with Gasteiger partial charge < -0.3 is 35.0 Å². The summed E-state index contributed by atoms with van der Waals surface area (Å²) >= 11 is 0. The Kier molecular flexibility index (Phi) is 9.14. The third-order valence-electron chi connectivity index (χ3n) is 6.85. The first-order valence-corrected chi connectivity index (χ1v) is 12.8. The van der Waals surface area contributed by atoms with E-state index in [-0.39, 0.29) is 6.61 Å². The molecule has 9 nitrogen and oxygen atoms in total. The zero-order valence-electron chi connectivity index (χ0n) is 21.2. The van der Waals surface area contributed by atoms with Crippen molar-refractivity contribution in [1.82, 2.24) is 20.6 Å². The van der Waals surface area contributed by atoms with Gasteiger partial charge in [0, 0.05) is 70.2 Å². The fraction of sp³-hybridized carbons (Fsp3) is 0.615. The van der Waals surface area contributed by atoms with Crippen molar-refractivity contribution in [2.45, 2.75) is 44.4 Å². The van der Waals surface area contributed by atoms with Gasteiger partial charge in [0.2, 0.25) is 0 Å². The maximum atomic E-state index is 10.0. The number of aliphatic hydroxyl groups is 1. The molecular weight excluding hydrogens is 444 g/mol. The number of nitrogens with one attached hydrogen (secondary N) is 2. The molecule has 0 radical (unpaired) electrons. The van der Waals surface area contributed by atoms with Gasteiger partial charge in [-0.25, -0.2) is 9.97 Å². The van der Waals surface area contributed by atoms with Crippen LogP contribution in [0.2, 0.25) is 0 Å².